The summed E-state index contributed by atoms with van der Waals surface area (Å²) < 4.78 is 0. The van der Waals surface area contributed by atoms with Gasteiger partial charge in [0.2, 0.25) is 0 Å². The molecule has 2 aromatic rings. The quantitative estimate of drug-likeness (QED) is 0.695. The Morgan fingerprint density at radius 3 is 3.06 bits per heavy atom. The molecule has 96 valence electrons. The van der Waals surface area contributed by atoms with Crippen molar-refractivity contribution in [3.8, 4) is 0 Å². The summed E-state index contributed by atoms with van der Waals surface area (Å²) in [6.45, 7) is 1.58. The summed E-state index contributed by atoms with van der Waals surface area (Å²) in [5.41, 5.74) is 1.15. The van der Waals surface area contributed by atoms with Crippen molar-refractivity contribution in [2.24, 2.45) is 0 Å². The summed E-state index contributed by atoms with van der Waals surface area (Å²) in [7, 11) is 2.01. The molecule has 0 aromatic carbocycles. The molecule has 6 heteroatoms. The normalized spacial score (nSPS) is 10.3. The highest BCUT2D eigenvalue weighted by Gasteiger charge is 2.05. The van der Waals surface area contributed by atoms with Gasteiger partial charge < -0.3 is 15.2 Å². The minimum absolute atomic E-state index is 0.775. The third-order valence-electron chi connectivity index (χ3n) is 2.53. The first-order chi connectivity index (χ1) is 8.79. The summed E-state index contributed by atoms with van der Waals surface area (Å²) in [5, 5.41) is 3.19. The average Bonchev–Trinajstić information content (AvgIpc) is 2.89. The van der Waals surface area contributed by atoms with E-state index in [-0.39, 0.29) is 0 Å². The number of rotatable bonds is 6. The number of anilines is 2. The van der Waals surface area contributed by atoms with Crippen LogP contribution >= 0.6 is 12.6 Å². The van der Waals surface area contributed by atoms with Crippen LogP contribution in [0.1, 0.15) is 5.69 Å². The highest BCUT2D eigenvalue weighted by molar-refractivity contribution is 7.80. The predicted molar refractivity (Wildman–Crippen MR) is 77.3 cm³/mol. The van der Waals surface area contributed by atoms with Gasteiger partial charge in [-0.25, -0.2) is 9.97 Å². The molecule has 0 atom stereocenters. The third-order valence-corrected chi connectivity index (χ3v) is 2.76. The van der Waals surface area contributed by atoms with Crippen LogP contribution in [0.5, 0.6) is 0 Å². The van der Waals surface area contributed by atoms with E-state index >= 15 is 0 Å². The molecule has 5 nitrogen and oxygen atoms in total. The van der Waals surface area contributed by atoms with Crippen molar-refractivity contribution in [3.05, 3.63) is 36.4 Å². The van der Waals surface area contributed by atoms with E-state index < -0.39 is 0 Å². The molecule has 0 spiro atoms. The third kappa shape index (κ3) is 3.40. The van der Waals surface area contributed by atoms with Crippen LogP contribution in [0.15, 0.2) is 30.7 Å². The summed E-state index contributed by atoms with van der Waals surface area (Å²) in [6, 6.07) is 5.98. The first-order valence-corrected chi connectivity index (χ1v) is 6.43. The van der Waals surface area contributed by atoms with E-state index in [9.17, 15) is 0 Å². The van der Waals surface area contributed by atoms with Crippen molar-refractivity contribution in [3.63, 3.8) is 0 Å². The molecule has 0 bridgehead atoms. The molecule has 0 aliphatic heterocycles. The van der Waals surface area contributed by atoms with Gasteiger partial charge in [-0.2, -0.15) is 12.6 Å². The van der Waals surface area contributed by atoms with Crippen LogP contribution in [0.3, 0.4) is 0 Å². The van der Waals surface area contributed by atoms with Crippen LogP contribution < -0.4 is 10.2 Å². The molecule has 0 aliphatic rings. The molecule has 2 aromatic heterocycles. The molecular formula is C12H17N5S. The van der Waals surface area contributed by atoms with Gasteiger partial charge in [0.25, 0.3) is 0 Å². The van der Waals surface area contributed by atoms with Gasteiger partial charge in [-0.1, -0.05) is 0 Å². The average molecular weight is 263 g/mol. The number of hydrogen-bond donors (Lipinski definition) is 3. The zero-order valence-corrected chi connectivity index (χ0v) is 11.2. The van der Waals surface area contributed by atoms with Gasteiger partial charge >= 0.3 is 0 Å². The number of H-pyrrole nitrogens is 1. The van der Waals surface area contributed by atoms with Crippen molar-refractivity contribution in [1.82, 2.24) is 15.0 Å². The monoisotopic (exact) mass is 263 g/mol. The molecule has 18 heavy (non-hydrogen) atoms. The summed E-state index contributed by atoms with van der Waals surface area (Å²) in [5.74, 6) is 2.49. The Labute approximate surface area is 112 Å². The second-order valence-electron chi connectivity index (χ2n) is 3.96. The van der Waals surface area contributed by atoms with E-state index in [1.807, 2.05) is 25.4 Å². The maximum Gasteiger partial charge on any atom is 0.134 e. The van der Waals surface area contributed by atoms with Gasteiger partial charge in [-0.15, -0.1) is 0 Å². The fourth-order valence-corrected chi connectivity index (χ4v) is 1.75. The maximum absolute atomic E-state index is 4.27. The van der Waals surface area contributed by atoms with Crippen molar-refractivity contribution in [1.29, 1.82) is 0 Å². The van der Waals surface area contributed by atoms with E-state index in [1.54, 1.807) is 6.33 Å². The molecule has 0 saturated carbocycles. The SMILES string of the molecule is CN(Cc1ccc[nH]1)c1cc(NCCS)ncn1. The number of nitrogens with zero attached hydrogens (tertiary/aromatic N) is 3. The fourth-order valence-electron chi connectivity index (χ4n) is 1.64. The smallest absolute Gasteiger partial charge is 0.134 e. The van der Waals surface area contributed by atoms with Crippen molar-refractivity contribution < 1.29 is 0 Å². The van der Waals surface area contributed by atoms with Crippen LogP contribution in [0.25, 0.3) is 0 Å². The molecule has 0 saturated heterocycles. The van der Waals surface area contributed by atoms with Gasteiger partial charge in [0, 0.05) is 37.3 Å². The number of nitrogens with one attached hydrogen (secondary N) is 2. The van der Waals surface area contributed by atoms with Crippen molar-refractivity contribution in [2.45, 2.75) is 6.54 Å². The Balaban J connectivity index is 2.03. The molecule has 0 radical (unpaired) electrons. The number of aromatic amines is 1. The Hall–Kier alpha value is -1.69. The minimum Gasteiger partial charge on any atom is -0.369 e. The van der Waals surface area contributed by atoms with Crippen LogP contribution in [0.2, 0.25) is 0 Å². The van der Waals surface area contributed by atoms with E-state index in [0.29, 0.717) is 0 Å². The zero-order chi connectivity index (χ0) is 12.8. The lowest BCUT2D eigenvalue weighted by atomic mass is 10.4. The first-order valence-electron chi connectivity index (χ1n) is 5.80. The summed E-state index contributed by atoms with van der Waals surface area (Å²) in [6.07, 6.45) is 3.49. The Kier molecular flexibility index (Phi) is 4.46. The van der Waals surface area contributed by atoms with Crippen LogP contribution in [0.4, 0.5) is 11.6 Å². The van der Waals surface area contributed by atoms with Gasteiger partial charge in [-0.3, -0.25) is 0 Å². The van der Waals surface area contributed by atoms with Crippen molar-refractivity contribution >= 4 is 24.3 Å². The largest absolute Gasteiger partial charge is 0.369 e. The second kappa shape index (κ2) is 6.30. The van der Waals surface area contributed by atoms with Crippen molar-refractivity contribution in [2.75, 3.05) is 29.6 Å². The second-order valence-corrected chi connectivity index (χ2v) is 4.41. The highest BCUT2D eigenvalue weighted by Crippen LogP contribution is 2.14. The molecule has 0 aliphatic carbocycles. The number of hydrogen-bond acceptors (Lipinski definition) is 5. The van der Waals surface area contributed by atoms with Crippen LogP contribution in [-0.4, -0.2) is 34.3 Å². The highest BCUT2D eigenvalue weighted by atomic mass is 32.1. The molecule has 0 amide bonds. The molecule has 0 fully saturated rings. The topological polar surface area (TPSA) is 56.8 Å². The molecule has 2 rings (SSSR count). The van der Waals surface area contributed by atoms with E-state index in [4.69, 9.17) is 0 Å². The standard InChI is InChI=1S/C12H17N5S/c1-17(8-10-3-2-4-13-10)12-7-11(14-5-6-18)15-9-16-12/h2-4,7,9,13,18H,5-6,8H2,1H3,(H,14,15,16). The van der Waals surface area contributed by atoms with E-state index in [1.165, 1.54) is 0 Å². The van der Waals surface area contributed by atoms with Gasteiger partial charge in [0.15, 0.2) is 0 Å². The molecule has 2 heterocycles. The van der Waals surface area contributed by atoms with Gasteiger partial charge in [-0.05, 0) is 12.1 Å². The fraction of sp³-hybridized carbons (Fsp3) is 0.333. The zero-order valence-electron chi connectivity index (χ0n) is 10.3. The van der Waals surface area contributed by atoms with Gasteiger partial charge in [0.1, 0.15) is 18.0 Å². The first kappa shape index (κ1) is 12.8. The predicted octanol–water partition coefficient (Wildman–Crippen LogP) is 1.78. The lowest BCUT2D eigenvalue weighted by Crippen LogP contribution is -2.18. The van der Waals surface area contributed by atoms with Crippen LogP contribution in [0, 0.1) is 0 Å². The molecular weight excluding hydrogens is 246 g/mol. The minimum atomic E-state index is 0.775. The Bertz CT molecular complexity index is 471. The molecule has 0 unspecified atom stereocenters. The number of aromatic nitrogens is 3. The van der Waals surface area contributed by atoms with Crippen LogP contribution in [-0.2, 0) is 6.54 Å². The van der Waals surface area contributed by atoms with E-state index in [0.717, 1.165) is 36.2 Å². The lowest BCUT2D eigenvalue weighted by molar-refractivity contribution is 0.868. The Morgan fingerprint density at radius 2 is 2.33 bits per heavy atom. The summed E-state index contributed by atoms with van der Waals surface area (Å²) >= 11 is 4.16. The summed E-state index contributed by atoms with van der Waals surface area (Å²) in [4.78, 5) is 13.7. The Morgan fingerprint density at radius 1 is 1.44 bits per heavy atom. The lowest BCUT2D eigenvalue weighted by Gasteiger charge is -2.17. The maximum atomic E-state index is 4.27. The van der Waals surface area contributed by atoms with Gasteiger partial charge in [0.05, 0.1) is 6.54 Å². The molecule has 2 N–H and O–H groups in total. The number of thiol groups is 1. The van der Waals surface area contributed by atoms with E-state index in [2.05, 4.69) is 43.9 Å².